The molecule has 1 amide bonds. The van der Waals surface area contributed by atoms with E-state index < -0.39 is 11.7 Å². The number of benzene rings is 2. The summed E-state index contributed by atoms with van der Waals surface area (Å²) in [5.41, 5.74) is 11.4. The minimum atomic E-state index is -0.574. The van der Waals surface area contributed by atoms with Gasteiger partial charge in [-0.2, -0.15) is 5.26 Å². The number of fused-ring (bicyclic) bond motifs is 1. The maximum absolute atomic E-state index is 15.8. The zero-order chi connectivity index (χ0) is 29.4. The standard InChI is InChI=1S/C31H26FN7O2/c1-16(2)30(40)38-21-7-8-22(23(32)13-21)28-25(26-27(39(28)5)20(14-33)15-36-29(26)34)19-6-9-24(17(3)12-19)41-31-35-11-10-18(4)37-31/h6-13,15H,1H2,2-5H3,(H2,34,36)(H,38,40). The van der Waals surface area contributed by atoms with Gasteiger partial charge in [-0.05, 0) is 68.3 Å². The van der Waals surface area contributed by atoms with Crippen molar-refractivity contribution in [3.63, 3.8) is 0 Å². The molecule has 204 valence electrons. The Kier molecular flexibility index (Phi) is 6.95. The number of carbonyl (C=O) groups excluding carboxylic acids is 1. The third-order valence-corrected chi connectivity index (χ3v) is 6.67. The van der Waals surface area contributed by atoms with Crippen LogP contribution in [0.3, 0.4) is 0 Å². The minimum absolute atomic E-state index is 0.202. The van der Waals surface area contributed by atoms with Crippen molar-refractivity contribution in [1.29, 1.82) is 5.26 Å². The molecular weight excluding hydrogens is 521 g/mol. The molecule has 0 bridgehead atoms. The molecule has 2 aromatic carbocycles. The molecule has 0 saturated carbocycles. The lowest BCUT2D eigenvalue weighted by Gasteiger charge is -2.13. The molecule has 10 heteroatoms. The number of hydrogen-bond donors (Lipinski definition) is 2. The van der Waals surface area contributed by atoms with Crippen LogP contribution >= 0.6 is 0 Å². The van der Waals surface area contributed by atoms with Crippen LogP contribution in [0.25, 0.3) is 33.3 Å². The van der Waals surface area contributed by atoms with Gasteiger partial charge in [0.1, 0.15) is 23.5 Å². The number of anilines is 2. The Balaban J connectivity index is 1.71. The lowest BCUT2D eigenvalue weighted by molar-refractivity contribution is -0.112. The van der Waals surface area contributed by atoms with Crippen molar-refractivity contribution in [2.75, 3.05) is 11.1 Å². The summed E-state index contributed by atoms with van der Waals surface area (Å²) in [6.07, 6.45) is 3.03. The maximum atomic E-state index is 15.8. The molecule has 0 radical (unpaired) electrons. The van der Waals surface area contributed by atoms with E-state index in [0.717, 1.165) is 11.3 Å². The first-order valence-corrected chi connectivity index (χ1v) is 12.6. The molecule has 0 spiro atoms. The van der Waals surface area contributed by atoms with Gasteiger partial charge < -0.3 is 20.4 Å². The van der Waals surface area contributed by atoms with Gasteiger partial charge >= 0.3 is 6.01 Å². The third kappa shape index (κ3) is 4.96. The second-order valence-electron chi connectivity index (χ2n) is 9.67. The molecule has 0 aliphatic heterocycles. The highest BCUT2D eigenvalue weighted by atomic mass is 19.1. The van der Waals surface area contributed by atoms with Crippen molar-refractivity contribution in [3.8, 4) is 40.2 Å². The van der Waals surface area contributed by atoms with E-state index in [9.17, 15) is 10.1 Å². The summed E-state index contributed by atoms with van der Waals surface area (Å²) in [6, 6.07) is 14.1. The predicted octanol–water partition coefficient (Wildman–Crippen LogP) is 6.21. The highest BCUT2D eigenvalue weighted by molar-refractivity contribution is 6.11. The molecule has 3 N–H and O–H groups in total. The first-order valence-electron chi connectivity index (χ1n) is 12.6. The van der Waals surface area contributed by atoms with Crippen LogP contribution in [-0.4, -0.2) is 25.4 Å². The first-order chi connectivity index (χ1) is 19.6. The largest absolute Gasteiger partial charge is 0.424 e. The number of pyridine rings is 1. The van der Waals surface area contributed by atoms with Gasteiger partial charge in [-0.3, -0.25) is 4.79 Å². The summed E-state index contributed by atoms with van der Waals surface area (Å²) in [5, 5.41) is 13.0. The number of amides is 1. The number of nitriles is 1. The summed E-state index contributed by atoms with van der Waals surface area (Å²) in [4.78, 5) is 24.8. The Morgan fingerprint density at radius 1 is 1.17 bits per heavy atom. The molecule has 0 saturated heterocycles. The minimum Gasteiger partial charge on any atom is -0.424 e. The molecule has 3 aromatic heterocycles. The third-order valence-electron chi connectivity index (χ3n) is 6.67. The molecule has 0 aliphatic carbocycles. The summed E-state index contributed by atoms with van der Waals surface area (Å²) in [5.74, 6) is -0.231. The average molecular weight is 548 g/mol. The number of rotatable bonds is 6. The molecule has 3 heterocycles. The first kappa shape index (κ1) is 27.0. The fourth-order valence-corrected chi connectivity index (χ4v) is 4.70. The van der Waals surface area contributed by atoms with E-state index in [4.69, 9.17) is 10.5 Å². The number of hydrogen-bond acceptors (Lipinski definition) is 7. The smallest absolute Gasteiger partial charge is 0.322 e. The number of aryl methyl sites for hydroxylation is 3. The lowest BCUT2D eigenvalue weighted by Crippen LogP contribution is -2.12. The van der Waals surface area contributed by atoms with Crippen molar-refractivity contribution in [2.45, 2.75) is 20.8 Å². The molecule has 0 unspecified atom stereocenters. The Bertz CT molecular complexity index is 1920. The number of ether oxygens (including phenoxy) is 1. The second-order valence-corrected chi connectivity index (χ2v) is 9.67. The van der Waals surface area contributed by atoms with E-state index in [1.165, 1.54) is 12.3 Å². The molecule has 41 heavy (non-hydrogen) atoms. The van der Waals surface area contributed by atoms with E-state index in [0.29, 0.717) is 44.6 Å². The van der Waals surface area contributed by atoms with E-state index in [1.54, 1.807) is 49.0 Å². The van der Waals surface area contributed by atoms with Gasteiger partial charge in [-0.25, -0.2) is 19.3 Å². The van der Waals surface area contributed by atoms with E-state index in [-0.39, 0.29) is 23.1 Å². The van der Waals surface area contributed by atoms with Crippen molar-refractivity contribution in [2.24, 2.45) is 7.05 Å². The fourth-order valence-electron chi connectivity index (χ4n) is 4.70. The number of nitrogens with one attached hydrogen (secondary N) is 1. The highest BCUT2D eigenvalue weighted by Crippen LogP contribution is 2.45. The molecule has 0 aliphatic rings. The van der Waals surface area contributed by atoms with Crippen LogP contribution in [-0.2, 0) is 11.8 Å². The normalized spacial score (nSPS) is 10.8. The van der Waals surface area contributed by atoms with E-state index in [2.05, 4.69) is 32.9 Å². The molecule has 9 nitrogen and oxygen atoms in total. The second kappa shape index (κ2) is 10.5. The fraction of sp³-hybridized carbons (Fsp3) is 0.129. The van der Waals surface area contributed by atoms with Gasteiger partial charge in [0.15, 0.2) is 0 Å². The number of halogens is 1. The number of carbonyl (C=O) groups is 1. The predicted molar refractivity (Wildman–Crippen MR) is 156 cm³/mol. The van der Waals surface area contributed by atoms with Crippen LogP contribution in [0, 0.1) is 31.0 Å². The summed E-state index contributed by atoms with van der Waals surface area (Å²) < 4.78 is 23.4. The number of nitrogens with two attached hydrogens (primary N) is 1. The summed E-state index contributed by atoms with van der Waals surface area (Å²) >= 11 is 0. The van der Waals surface area contributed by atoms with Crippen LogP contribution in [0.4, 0.5) is 15.9 Å². The molecule has 5 aromatic rings. The molecular formula is C31H26FN7O2. The number of nitrogen functional groups attached to an aromatic ring is 1. The van der Waals surface area contributed by atoms with E-state index in [1.807, 2.05) is 26.0 Å². The van der Waals surface area contributed by atoms with Gasteiger partial charge in [-0.1, -0.05) is 12.6 Å². The SMILES string of the molecule is C=C(C)C(=O)Nc1ccc(-c2c(-c3ccc(Oc4nccc(C)n4)c(C)c3)c3c(N)ncc(C#N)c3n2C)c(F)c1. The van der Waals surface area contributed by atoms with Crippen LogP contribution < -0.4 is 15.8 Å². The Labute approximate surface area is 235 Å². The van der Waals surface area contributed by atoms with Crippen molar-refractivity contribution < 1.29 is 13.9 Å². The summed E-state index contributed by atoms with van der Waals surface area (Å²) in [7, 11) is 1.75. The van der Waals surface area contributed by atoms with Crippen molar-refractivity contribution in [1.82, 2.24) is 19.5 Å². The monoisotopic (exact) mass is 547 g/mol. The highest BCUT2D eigenvalue weighted by Gasteiger charge is 2.25. The van der Waals surface area contributed by atoms with Crippen molar-refractivity contribution in [3.05, 3.63) is 89.6 Å². The van der Waals surface area contributed by atoms with Gasteiger partial charge in [0, 0.05) is 47.5 Å². The van der Waals surface area contributed by atoms with Gasteiger partial charge in [0.25, 0.3) is 5.91 Å². The Morgan fingerprint density at radius 2 is 1.95 bits per heavy atom. The van der Waals surface area contributed by atoms with Crippen LogP contribution in [0.15, 0.2) is 67.0 Å². The molecule has 0 atom stereocenters. The zero-order valence-corrected chi connectivity index (χ0v) is 22.9. The maximum Gasteiger partial charge on any atom is 0.322 e. The van der Waals surface area contributed by atoms with Crippen molar-refractivity contribution >= 4 is 28.3 Å². The summed E-state index contributed by atoms with van der Waals surface area (Å²) in [6.45, 7) is 8.91. The van der Waals surface area contributed by atoms with Gasteiger partial charge in [0.05, 0.1) is 22.2 Å². The van der Waals surface area contributed by atoms with Crippen LogP contribution in [0.1, 0.15) is 23.7 Å². The van der Waals surface area contributed by atoms with Crippen LogP contribution in [0.2, 0.25) is 0 Å². The quantitative estimate of drug-likeness (QED) is 0.241. The lowest BCUT2D eigenvalue weighted by atomic mass is 9.96. The number of nitrogens with zero attached hydrogens (tertiary/aromatic N) is 5. The Morgan fingerprint density at radius 3 is 2.61 bits per heavy atom. The zero-order valence-electron chi connectivity index (χ0n) is 22.9. The Hall–Kier alpha value is -5.56. The van der Waals surface area contributed by atoms with Gasteiger partial charge in [-0.15, -0.1) is 0 Å². The van der Waals surface area contributed by atoms with Crippen LogP contribution in [0.5, 0.6) is 11.8 Å². The number of aromatic nitrogens is 4. The topological polar surface area (TPSA) is 132 Å². The molecule has 5 rings (SSSR count). The van der Waals surface area contributed by atoms with Gasteiger partial charge in [0.2, 0.25) is 0 Å². The van der Waals surface area contributed by atoms with E-state index >= 15 is 4.39 Å². The average Bonchev–Trinajstić information content (AvgIpc) is 3.24. The molecule has 0 fully saturated rings.